The van der Waals surface area contributed by atoms with Crippen molar-refractivity contribution in [3.05, 3.63) is 48.2 Å². The van der Waals surface area contributed by atoms with Gasteiger partial charge >= 0.3 is 0 Å². The number of nitrogens with zero attached hydrogens (tertiary/aromatic N) is 5. The van der Waals surface area contributed by atoms with Crippen molar-refractivity contribution < 1.29 is 9.59 Å². The van der Waals surface area contributed by atoms with Gasteiger partial charge in [-0.05, 0) is 42.5 Å². The number of carbonyl (C=O) groups excluding carboxylic acids is 2. The highest BCUT2D eigenvalue weighted by molar-refractivity contribution is 5.96. The van der Waals surface area contributed by atoms with Crippen LogP contribution >= 0.6 is 0 Å². The predicted molar refractivity (Wildman–Crippen MR) is 120 cm³/mol. The largest absolute Gasteiger partial charge is 0.364 e. The lowest BCUT2D eigenvalue weighted by molar-refractivity contribution is -0.127. The van der Waals surface area contributed by atoms with Crippen LogP contribution in [0.5, 0.6) is 0 Å². The number of piperidine rings is 1. The highest BCUT2D eigenvalue weighted by atomic mass is 16.2. The van der Waals surface area contributed by atoms with Crippen molar-refractivity contribution in [1.29, 1.82) is 0 Å². The molecule has 164 valence electrons. The van der Waals surface area contributed by atoms with E-state index in [9.17, 15) is 9.59 Å². The van der Waals surface area contributed by atoms with Crippen molar-refractivity contribution in [2.75, 3.05) is 30.4 Å². The van der Waals surface area contributed by atoms with Gasteiger partial charge in [0.1, 0.15) is 0 Å². The molecule has 0 radical (unpaired) electrons. The third kappa shape index (κ3) is 5.17. The van der Waals surface area contributed by atoms with Crippen molar-refractivity contribution >= 4 is 29.3 Å². The zero-order valence-corrected chi connectivity index (χ0v) is 18.2. The summed E-state index contributed by atoms with van der Waals surface area (Å²) in [4.78, 5) is 32.0. The summed E-state index contributed by atoms with van der Waals surface area (Å²) in [5, 5.41) is 11.3. The van der Waals surface area contributed by atoms with Crippen molar-refractivity contribution in [2.24, 2.45) is 5.73 Å². The van der Waals surface area contributed by atoms with E-state index in [0.29, 0.717) is 25.0 Å². The fourth-order valence-corrected chi connectivity index (χ4v) is 3.57. The summed E-state index contributed by atoms with van der Waals surface area (Å²) >= 11 is 0. The van der Waals surface area contributed by atoms with E-state index in [0.717, 1.165) is 18.5 Å². The van der Waals surface area contributed by atoms with Crippen LogP contribution in [0.3, 0.4) is 0 Å². The van der Waals surface area contributed by atoms with Crippen LogP contribution in [0.25, 0.3) is 0 Å². The van der Waals surface area contributed by atoms with Gasteiger partial charge in [-0.25, -0.2) is 0 Å². The van der Waals surface area contributed by atoms with Gasteiger partial charge in [-0.15, -0.1) is 10.2 Å². The van der Waals surface area contributed by atoms with Gasteiger partial charge in [-0.2, -0.15) is 4.98 Å². The second-order valence-corrected chi connectivity index (χ2v) is 7.97. The van der Waals surface area contributed by atoms with E-state index in [4.69, 9.17) is 5.73 Å². The Kier molecular flexibility index (Phi) is 6.84. The molecule has 2 heterocycles. The normalized spacial score (nSPS) is 16.1. The maximum absolute atomic E-state index is 12.0. The molecule has 0 aliphatic carbocycles. The summed E-state index contributed by atoms with van der Waals surface area (Å²) in [6.07, 6.45) is 3.08. The second kappa shape index (κ2) is 9.55. The van der Waals surface area contributed by atoms with Gasteiger partial charge in [0.25, 0.3) is 5.91 Å². The number of rotatable bonds is 7. The third-order valence-electron chi connectivity index (χ3n) is 5.50. The molecule has 0 bridgehead atoms. The summed E-state index contributed by atoms with van der Waals surface area (Å²) in [7, 11) is 1.86. The van der Waals surface area contributed by atoms with E-state index < -0.39 is 5.91 Å². The molecule has 1 saturated heterocycles. The van der Waals surface area contributed by atoms with Gasteiger partial charge in [-0.1, -0.05) is 32.6 Å². The summed E-state index contributed by atoms with van der Waals surface area (Å²) in [6.45, 7) is 9.06. The predicted octanol–water partition coefficient (Wildman–Crippen LogP) is 2.45. The third-order valence-corrected chi connectivity index (χ3v) is 5.50. The van der Waals surface area contributed by atoms with E-state index >= 15 is 0 Å². The number of benzene rings is 1. The minimum Gasteiger partial charge on any atom is -0.364 e. The van der Waals surface area contributed by atoms with Gasteiger partial charge in [0.05, 0.1) is 0 Å². The first kappa shape index (κ1) is 22.2. The van der Waals surface area contributed by atoms with Crippen molar-refractivity contribution in [3.63, 3.8) is 0 Å². The summed E-state index contributed by atoms with van der Waals surface area (Å²) < 4.78 is 0. The molecule has 9 nitrogen and oxygen atoms in total. The lowest BCUT2D eigenvalue weighted by Crippen LogP contribution is -2.48. The van der Waals surface area contributed by atoms with Gasteiger partial charge in [0.15, 0.2) is 11.5 Å². The number of carbonyl (C=O) groups is 2. The number of amides is 2. The van der Waals surface area contributed by atoms with Crippen LogP contribution in [0, 0.1) is 0 Å². The lowest BCUT2D eigenvalue weighted by Gasteiger charge is -2.37. The molecule has 1 fully saturated rings. The average molecular weight is 424 g/mol. The molecule has 3 rings (SSSR count). The number of nitrogens with one attached hydrogen (secondary N) is 1. The lowest BCUT2D eigenvalue weighted by atomic mass is 10.0. The summed E-state index contributed by atoms with van der Waals surface area (Å²) in [5.74, 6) is 0.212. The Morgan fingerprint density at radius 1 is 1.29 bits per heavy atom. The molecule has 3 N–H and O–H groups in total. The molecular formula is C22H29N7O2. The molecule has 9 heteroatoms. The zero-order valence-electron chi connectivity index (χ0n) is 18.2. The van der Waals surface area contributed by atoms with Crippen LogP contribution in [-0.2, 0) is 4.79 Å². The van der Waals surface area contributed by atoms with Crippen molar-refractivity contribution in [3.8, 4) is 0 Å². The number of primary amides is 1. The maximum atomic E-state index is 12.0. The Labute approximate surface area is 182 Å². The molecule has 2 aromatic rings. The first-order valence-electron chi connectivity index (χ1n) is 10.4. The Hall–Kier alpha value is -3.49. The maximum Gasteiger partial charge on any atom is 0.273 e. The van der Waals surface area contributed by atoms with Crippen LogP contribution in [-0.4, -0.2) is 58.1 Å². The second-order valence-electron chi connectivity index (χ2n) is 7.97. The van der Waals surface area contributed by atoms with Gasteiger partial charge < -0.3 is 20.9 Å². The Morgan fingerprint density at radius 2 is 2.00 bits per heavy atom. The minimum absolute atomic E-state index is 0.0250. The average Bonchev–Trinajstić information content (AvgIpc) is 2.78. The first-order valence-corrected chi connectivity index (χ1v) is 10.4. The van der Waals surface area contributed by atoms with Gasteiger partial charge in [0, 0.05) is 31.9 Å². The number of hydrogen-bond acceptors (Lipinski definition) is 7. The standard InChI is InChI=1S/C22H29N7O2/c1-5-18(30)29-12-6-7-17(13-29)28(4)22-25-21(19(20(23)31)26-27-22)24-16-10-8-15(9-11-16)14(2)3/h5,8-11,14,17H,1,6-7,12-13H2,2-4H3,(H2,23,31)(H,24,25,27)/t17-/m0/s1. The van der Waals surface area contributed by atoms with Crippen LogP contribution in [0.4, 0.5) is 17.5 Å². The number of nitrogens with two attached hydrogens (primary N) is 1. The summed E-state index contributed by atoms with van der Waals surface area (Å²) in [6, 6.07) is 7.91. The molecule has 31 heavy (non-hydrogen) atoms. The molecule has 0 saturated carbocycles. The molecule has 1 aromatic heterocycles. The molecule has 0 unspecified atom stereocenters. The smallest absolute Gasteiger partial charge is 0.273 e. The van der Waals surface area contributed by atoms with E-state index in [1.807, 2.05) is 36.2 Å². The van der Waals surface area contributed by atoms with E-state index in [1.54, 1.807) is 4.90 Å². The fraction of sp³-hybridized carbons (Fsp3) is 0.409. The van der Waals surface area contributed by atoms with E-state index in [2.05, 4.69) is 40.9 Å². The Balaban J connectivity index is 1.84. The minimum atomic E-state index is -0.712. The van der Waals surface area contributed by atoms with Crippen LogP contribution in [0.2, 0.25) is 0 Å². The molecule has 1 aliphatic rings. The molecule has 0 spiro atoms. The number of likely N-dealkylation sites (N-methyl/N-ethyl adjacent to an activating group) is 1. The molecule has 1 aromatic carbocycles. The molecular weight excluding hydrogens is 394 g/mol. The Morgan fingerprint density at radius 3 is 2.61 bits per heavy atom. The van der Waals surface area contributed by atoms with Crippen molar-refractivity contribution in [1.82, 2.24) is 20.1 Å². The fourth-order valence-electron chi connectivity index (χ4n) is 3.57. The number of likely N-dealkylation sites (tertiary alicyclic amines) is 1. The topological polar surface area (TPSA) is 117 Å². The van der Waals surface area contributed by atoms with Crippen LogP contribution in [0.15, 0.2) is 36.9 Å². The molecule has 1 aliphatic heterocycles. The number of anilines is 3. The Bertz CT molecular complexity index is 959. The quantitative estimate of drug-likeness (QED) is 0.657. The first-order chi connectivity index (χ1) is 14.8. The van der Waals surface area contributed by atoms with Gasteiger partial charge in [-0.3, -0.25) is 9.59 Å². The number of hydrogen-bond donors (Lipinski definition) is 2. The van der Waals surface area contributed by atoms with Crippen LogP contribution in [0.1, 0.15) is 48.7 Å². The molecule has 2 amide bonds. The van der Waals surface area contributed by atoms with E-state index in [1.165, 1.54) is 11.6 Å². The van der Waals surface area contributed by atoms with Crippen LogP contribution < -0.4 is 16.0 Å². The van der Waals surface area contributed by atoms with Gasteiger partial charge in [0.2, 0.25) is 11.9 Å². The monoisotopic (exact) mass is 423 g/mol. The SMILES string of the molecule is C=CC(=O)N1CCC[C@H](N(C)c2nnc(C(N)=O)c(Nc3ccc(C(C)C)cc3)n2)C1. The van der Waals surface area contributed by atoms with E-state index in [-0.39, 0.29) is 23.5 Å². The zero-order chi connectivity index (χ0) is 22.5. The summed E-state index contributed by atoms with van der Waals surface area (Å²) in [5.41, 5.74) is 7.42. The number of aromatic nitrogens is 3. The highest BCUT2D eigenvalue weighted by Gasteiger charge is 2.27. The molecule has 1 atom stereocenters. The highest BCUT2D eigenvalue weighted by Crippen LogP contribution is 2.24. The van der Waals surface area contributed by atoms with Crippen molar-refractivity contribution in [2.45, 2.75) is 38.6 Å².